The van der Waals surface area contributed by atoms with Crippen LogP contribution in [-0.4, -0.2) is 28.7 Å². The molecule has 0 spiro atoms. The Morgan fingerprint density at radius 2 is 2.14 bits per heavy atom. The number of aromatic nitrogens is 1. The Morgan fingerprint density at radius 3 is 2.86 bits per heavy atom. The number of rotatable bonds is 3. The Morgan fingerprint density at radius 1 is 1.33 bits per heavy atom. The first-order valence-electron chi connectivity index (χ1n) is 8.30. The van der Waals surface area contributed by atoms with Crippen molar-refractivity contribution in [2.24, 2.45) is 0 Å². The van der Waals surface area contributed by atoms with Gasteiger partial charge < -0.3 is 14.7 Å². The third-order valence-electron chi connectivity index (χ3n) is 4.71. The number of hydrogen-bond donors (Lipinski definition) is 1. The number of likely N-dealkylation sites (tertiary alicyclic amines) is 1. The Bertz CT molecular complexity index is 480. The standard InChI is InChI=1S/C16H25N3O2/c1-2-12-11-15(21-18-12)14-9-6-10-19(14)16(20)17-13-7-4-3-5-8-13/h11,13-14H,2-10H2,1H3,(H,17,20)/t14-/m0/s1. The molecule has 0 unspecified atom stereocenters. The van der Waals surface area contributed by atoms with E-state index in [1.165, 1.54) is 19.3 Å². The Balaban J connectivity index is 1.63. The summed E-state index contributed by atoms with van der Waals surface area (Å²) < 4.78 is 5.44. The van der Waals surface area contributed by atoms with E-state index in [-0.39, 0.29) is 12.1 Å². The van der Waals surface area contributed by atoms with E-state index >= 15 is 0 Å². The van der Waals surface area contributed by atoms with E-state index < -0.39 is 0 Å². The van der Waals surface area contributed by atoms with Crippen LogP contribution in [0.3, 0.4) is 0 Å². The van der Waals surface area contributed by atoms with Crippen molar-refractivity contribution < 1.29 is 9.32 Å². The maximum Gasteiger partial charge on any atom is 0.318 e. The molecule has 3 rings (SSSR count). The van der Waals surface area contributed by atoms with Crippen LogP contribution in [0.25, 0.3) is 0 Å². The molecular formula is C16H25N3O2. The third kappa shape index (κ3) is 3.22. The quantitative estimate of drug-likeness (QED) is 0.928. The summed E-state index contributed by atoms with van der Waals surface area (Å²) in [7, 11) is 0. The SMILES string of the molecule is CCc1cc([C@@H]2CCCN2C(=O)NC2CCCCC2)on1. The first-order chi connectivity index (χ1) is 10.3. The highest BCUT2D eigenvalue weighted by atomic mass is 16.5. The van der Waals surface area contributed by atoms with Gasteiger partial charge in [0.25, 0.3) is 0 Å². The van der Waals surface area contributed by atoms with Gasteiger partial charge in [-0.25, -0.2) is 4.79 Å². The molecule has 1 saturated heterocycles. The molecule has 5 nitrogen and oxygen atoms in total. The van der Waals surface area contributed by atoms with Gasteiger partial charge in [0.2, 0.25) is 0 Å². The van der Waals surface area contributed by atoms with Gasteiger partial charge >= 0.3 is 6.03 Å². The maximum absolute atomic E-state index is 12.5. The van der Waals surface area contributed by atoms with Gasteiger partial charge in [0.1, 0.15) is 0 Å². The molecule has 0 radical (unpaired) electrons. The lowest BCUT2D eigenvalue weighted by Crippen LogP contribution is -2.45. The molecule has 1 atom stereocenters. The minimum absolute atomic E-state index is 0.0568. The average molecular weight is 291 g/mol. The van der Waals surface area contributed by atoms with Crippen LogP contribution in [0.5, 0.6) is 0 Å². The van der Waals surface area contributed by atoms with Crippen molar-refractivity contribution >= 4 is 6.03 Å². The second kappa shape index (κ2) is 6.50. The summed E-state index contributed by atoms with van der Waals surface area (Å²) in [6.45, 7) is 2.87. The highest BCUT2D eigenvalue weighted by molar-refractivity contribution is 5.75. The number of hydrogen-bond acceptors (Lipinski definition) is 3. The van der Waals surface area contributed by atoms with Gasteiger partial charge in [-0.05, 0) is 32.1 Å². The number of carbonyl (C=O) groups is 1. The topological polar surface area (TPSA) is 58.4 Å². The van der Waals surface area contributed by atoms with E-state index in [1.54, 1.807) is 0 Å². The fourth-order valence-electron chi connectivity index (χ4n) is 3.46. The van der Waals surface area contributed by atoms with Gasteiger partial charge in [-0.1, -0.05) is 31.3 Å². The normalized spacial score (nSPS) is 23.5. The molecule has 5 heteroatoms. The Kier molecular flexibility index (Phi) is 4.46. The monoisotopic (exact) mass is 291 g/mol. The number of urea groups is 1. The fourth-order valence-corrected chi connectivity index (χ4v) is 3.46. The Labute approximate surface area is 126 Å². The van der Waals surface area contributed by atoms with Crippen molar-refractivity contribution in [1.29, 1.82) is 0 Å². The number of carbonyl (C=O) groups excluding carboxylic acids is 1. The van der Waals surface area contributed by atoms with Crippen LogP contribution in [-0.2, 0) is 6.42 Å². The van der Waals surface area contributed by atoms with Gasteiger partial charge in [0.15, 0.2) is 5.76 Å². The molecule has 2 amide bonds. The van der Waals surface area contributed by atoms with Crippen molar-refractivity contribution in [2.75, 3.05) is 6.54 Å². The molecule has 21 heavy (non-hydrogen) atoms. The van der Waals surface area contributed by atoms with Gasteiger partial charge in [0, 0.05) is 18.7 Å². The van der Waals surface area contributed by atoms with Crippen molar-refractivity contribution in [3.8, 4) is 0 Å². The average Bonchev–Trinajstić information content (AvgIpc) is 3.16. The van der Waals surface area contributed by atoms with Crippen molar-refractivity contribution in [2.45, 2.75) is 70.4 Å². The molecule has 1 N–H and O–H groups in total. The maximum atomic E-state index is 12.5. The molecule has 2 heterocycles. The first-order valence-corrected chi connectivity index (χ1v) is 8.30. The summed E-state index contributed by atoms with van der Waals surface area (Å²) in [6, 6.07) is 2.48. The number of amides is 2. The second-order valence-electron chi connectivity index (χ2n) is 6.21. The molecule has 0 aromatic carbocycles. The van der Waals surface area contributed by atoms with Crippen LogP contribution in [0.15, 0.2) is 10.6 Å². The van der Waals surface area contributed by atoms with Crippen LogP contribution in [0, 0.1) is 0 Å². The molecule has 2 aliphatic rings. The lowest BCUT2D eigenvalue weighted by Gasteiger charge is -2.28. The van der Waals surface area contributed by atoms with E-state index in [9.17, 15) is 4.79 Å². The third-order valence-corrected chi connectivity index (χ3v) is 4.71. The van der Waals surface area contributed by atoms with Gasteiger partial charge in [-0.3, -0.25) is 0 Å². The summed E-state index contributed by atoms with van der Waals surface area (Å²) in [5, 5.41) is 7.26. The summed E-state index contributed by atoms with van der Waals surface area (Å²) in [5.41, 5.74) is 0.963. The summed E-state index contributed by atoms with van der Waals surface area (Å²) in [6.07, 6.45) is 8.87. The minimum Gasteiger partial charge on any atom is -0.359 e. The summed E-state index contributed by atoms with van der Waals surface area (Å²) in [5.74, 6) is 0.836. The molecule has 1 aromatic rings. The predicted molar refractivity (Wildman–Crippen MR) is 80.0 cm³/mol. The summed E-state index contributed by atoms with van der Waals surface area (Å²) in [4.78, 5) is 14.5. The van der Waals surface area contributed by atoms with Gasteiger partial charge in [0.05, 0.1) is 11.7 Å². The Hall–Kier alpha value is -1.52. The molecule has 1 aliphatic carbocycles. The first kappa shape index (κ1) is 14.4. The van der Waals surface area contributed by atoms with Crippen LogP contribution in [0.1, 0.15) is 69.4 Å². The number of nitrogens with one attached hydrogen (secondary N) is 1. The smallest absolute Gasteiger partial charge is 0.318 e. The zero-order chi connectivity index (χ0) is 14.7. The molecule has 0 bridgehead atoms. The van der Waals surface area contributed by atoms with E-state index in [4.69, 9.17) is 4.52 Å². The zero-order valence-corrected chi connectivity index (χ0v) is 12.8. The molecule has 1 aromatic heterocycles. The molecule has 116 valence electrons. The highest BCUT2D eigenvalue weighted by Crippen LogP contribution is 2.32. The van der Waals surface area contributed by atoms with Crippen LogP contribution in [0.2, 0.25) is 0 Å². The van der Waals surface area contributed by atoms with E-state index in [1.807, 2.05) is 11.0 Å². The highest BCUT2D eigenvalue weighted by Gasteiger charge is 2.33. The van der Waals surface area contributed by atoms with Crippen molar-refractivity contribution in [1.82, 2.24) is 15.4 Å². The number of nitrogens with zero attached hydrogens (tertiary/aromatic N) is 2. The predicted octanol–water partition coefficient (Wildman–Crippen LogP) is 3.42. The van der Waals surface area contributed by atoms with Gasteiger partial charge in [-0.15, -0.1) is 0 Å². The molecule has 1 saturated carbocycles. The fraction of sp³-hybridized carbons (Fsp3) is 0.750. The largest absolute Gasteiger partial charge is 0.359 e. The van der Waals surface area contributed by atoms with Crippen molar-refractivity contribution in [3.63, 3.8) is 0 Å². The van der Waals surface area contributed by atoms with Crippen LogP contribution >= 0.6 is 0 Å². The molecule has 1 aliphatic heterocycles. The van der Waals surface area contributed by atoms with Crippen LogP contribution in [0.4, 0.5) is 4.79 Å². The minimum atomic E-state index is 0.0568. The summed E-state index contributed by atoms with van der Waals surface area (Å²) >= 11 is 0. The van der Waals surface area contributed by atoms with E-state index in [0.717, 1.165) is 50.1 Å². The zero-order valence-electron chi connectivity index (χ0n) is 12.8. The lowest BCUT2D eigenvalue weighted by atomic mass is 9.96. The molecule has 2 fully saturated rings. The van der Waals surface area contributed by atoms with E-state index in [0.29, 0.717) is 6.04 Å². The van der Waals surface area contributed by atoms with Crippen LogP contribution < -0.4 is 5.32 Å². The van der Waals surface area contributed by atoms with Gasteiger partial charge in [-0.2, -0.15) is 0 Å². The second-order valence-corrected chi connectivity index (χ2v) is 6.21. The lowest BCUT2D eigenvalue weighted by molar-refractivity contribution is 0.175. The van der Waals surface area contributed by atoms with Crippen molar-refractivity contribution in [3.05, 3.63) is 17.5 Å². The molecular weight excluding hydrogens is 266 g/mol. The van der Waals surface area contributed by atoms with E-state index in [2.05, 4.69) is 17.4 Å². The number of aryl methyl sites for hydroxylation is 1.